The summed E-state index contributed by atoms with van der Waals surface area (Å²) in [5.41, 5.74) is 0. The molecule has 0 aromatic carbocycles. The molecular formula is C10H23OP. The maximum Gasteiger partial charge on any atom is 0.0527 e. The lowest BCUT2D eigenvalue weighted by Gasteiger charge is -2.17. The first-order valence-corrected chi connectivity index (χ1v) is 5.35. The van der Waals surface area contributed by atoms with Gasteiger partial charge in [-0.25, -0.2) is 0 Å². The molecule has 1 nitrogen and oxygen atoms in total. The molecule has 0 N–H and O–H groups in total. The van der Waals surface area contributed by atoms with E-state index in [1.165, 1.54) is 12.8 Å². The minimum Gasteiger partial charge on any atom is -0.365 e. The zero-order valence-electron chi connectivity index (χ0n) is 8.84. The van der Waals surface area contributed by atoms with Crippen LogP contribution in [-0.2, 0) is 4.52 Å². The summed E-state index contributed by atoms with van der Waals surface area (Å²) in [5, 5.41) is 0. The molecule has 0 bridgehead atoms. The van der Waals surface area contributed by atoms with Crippen molar-refractivity contribution in [1.29, 1.82) is 0 Å². The Labute approximate surface area is 79.6 Å². The summed E-state index contributed by atoms with van der Waals surface area (Å²) >= 11 is 0. The van der Waals surface area contributed by atoms with E-state index in [1.807, 2.05) is 0 Å². The van der Waals surface area contributed by atoms with Crippen LogP contribution >= 0.6 is 9.47 Å². The molecule has 2 heteroatoms. The molecule has 3 unspecified atom stereocenters. The van der Waals surface area contributed by atoms with Gasteiger partial charge >= 0.3 is 0 Å². The summed E-state index contributed by atoms with van der Waals surface area (Å²) in [6, 6.07) is 0. The van der Waals surface area contributed by atoms with Crippen molar-refractivity contribution < 1.29 is 4.52 Å². The molecule has 0 aromatic rings. The summed E-state index contributed by atoms with van der Waals surface area (Å²) < 4.78 is 5.03. The van der Waals surface area contributed by atoms with Crippen molar-refractivity contribution in [3.63, 3.8) is 0 Å². The minimum absolute atomic E-state index is 0.691. The smallest absolute Gasteiger partial charge is 0.0527 e. The largest absolute Gasteiger partial charge is 0.365 e. The van der Waals surface area contributed by atoms with Gasteiger partial charge in [0.1, 0.15) is 0 Å². The second kappa shape index (κ2) is 6.86. The maximum absolute atomic E-state index is 5.03. The van der Waals surface area contributed by atoms with Crippen molar-refractivity contribution in [2.24, 2.45) is 17.8 Å². The monoisotopic (exact) mass is 190 g/mol. The van der Waals surface area contributed by atoms with Crippen LogP contribution in [0.25, 0.3) is 0 Å². The number of hydrogen-bond acceptors (Lipinski definition) is 1. The highest BCUT2D eigenvalue weighted by Crippen LogP contribution is 2.19. The number of rotatable bonds is 6. The Hall–Kier alpha value is 0.390. The molecule has 3 atom stereocenters. The molecule has 0 radical (unpaired) electrons. The zero-order valence-corrected chi connectivity index (χ0v) is 9.99. The zero-order chi connectivity index (χ0) is 9.56. The topological polar surface area (TPSA) is 9.23 Å². The van der Waals surface area contributed by atoms with Crippen LogP contribution in [0.2, 0.25) is 0 Å². The van der Waals surface area contributed by atoms with Crippen molar-refractivity contribution in [1.82, 2.24) is 0 Å². The maximum atomic E-state index is 5.03. The molecular weight excluding hydrogens is 167 g/mol. The molecule has 0 heterocycles. The molecule has 0 rings (SSSR count). The Balaban J connectivity index is 3.46. The van der Waals surface area contributed by atoms with Crippen LogP contribution in [0.5, 0.6) is 0 Å². The van der Waals surface area contributed by atoms with E-state index in [-0.39, 0.29) is 0 Å². The normalized spacial score (nSPS) is 16.5. The fourth-order valence-electron chi connectivity index (χ4n) is 1.82. The van der Waals surface area contributed by atoms with Gasteiger partial charge in [0, 0.05) is 9.47 Å². The van der Waals surface area contributed by atoms with E-state index >= 15 is 0 Å². The Bertz CT molecular complexity index is 104. The Kier molecular flexibility index (Phi) is 7.08. The molecule has 0 spiro atoms. The lowest BCUT2D eigenvalue weighted by atomic mass is 9.91. The summed E-state index contributed by atoms with van der Waals surface area (Å²) in [6.07, 6.45) is 2.62. The standard InChI is InChI=1S/C10H23OP/c1-8(2)5-9(3)6-10(4)7-11-12/h8-10H,5-7,12H2,1-4H3. The third-order valence-electron chi connectivity index (χ3n) is 2.06. The van der Waals surface area contributed by atoms with Crippen LogP contribution in [-0.4, -0.2) is 6.61 Å². The van der Waals surface area contributed by atoms with Gasteiger partial charge in [-0.05, 0) is 30.6 Å². The molecule has 0 aliphatic rings. The highest BCUT2D eigenvalue weighted by Gasteiger charge is 2.09. The Morgan fingerprint density at radius 3 is 2.00 bits per heavy atom. The van der Waals surface area contributed by atoms with Crippen molar-refractivity contribution in [3.8, 4) is 0 Å². The second-order valence-corrected chi connectivity index (χ2v) is 4.74. The molecule has 0 fully saturated rings. The van der Waals surface area contributed by atoms with Gasteiger partial charge in [-0.1, -0.05) is 27.7 Å². The highest BCUT2D eigenvalue weighted by atomic mass is 31.0. The van der Waals surface area contributed by atoms with E-state index in [4.69, 9.17) is 4.52 Å². The first-order valence-electron chi connectivity index (χ1n) is 4.88. The molecule has 74 valence electrons. The van der Waals surface area contributed by atoms with Crippen LogP contribution in [0.1, 0.15) is 40.5 Å². The van der Waals surface area contributed by atoms with Crippen LogP contribution in [0.15, 0.2) is 0 Å². The van der Waals surface area contributed by atoms with Crippen molar-refractivity contribution in [3.05, 3.63) is 0 Å². The van der Waals surface area contributed by atoms with Crippen LogP contribution in [0.4, 0.5) is 0 Å². The predicted molar refractivity (Wildman–Crippen MR) is 58.1 cm³/mol. The Morgan fingerprint density at radius 2 is 1.58 bits per heavy atom. The molecule has 0 aliphatic carbocycles. The van der Waals surface area contributed by atoms with E-state index in [1.54, 1.807) is 0 Å². The minimum atomic E-state index is 0.691. The fraction of sp³-hybridized carbons (Fsp3) is 1.00. The summed E-state index contributed by atoms with van der Waals surface area (Å²) in [5.74, 6) is 2.35. The van der Waals surface area contributed by atoms with Crippen LogP contribution in [0, 0.1) is 17.8 Å². The lowest BCUT2D eigenvalue weighted by molar-refractivity contribution is 0.254. The first kappa shape index (κ1) is 12.4. The van der Waals surface area contributed by atoms with Gasteiger partial charge in [0.15, 0.2) is 0 Å². The van der Waals surface area contributed by atoms with Crippen LogP contribution in [0.3, 0.4) is 0 Å². The summed E-state index contributed by atoms with van der Waals surface area (Å²) in [4.78, 5) is 0. The fourth-order valence-corrected chi connectivity index (χ4v) is 2.15. The van der Waals surface area contributed by atoms with Crippen molar-refractivity contribution in [2.75, 3.05) is 6.61 Å². The molecule has 0 aromatic heterocycles. The summed E-state index contributed by atoms with van der Waals surface area (Å²) in [6.45, 7) is 10.0. The molecule has 12 heavy (non-hydrogen) atoms. The van der Waals surface area contributed by atoms with Gasteiger partial charge in [-0.15, -0.1) is 0 Å². The Morgan fingerprint density at radius 1 is 1.00 bits per heavy atom. The second-order valence-electron chi connectivity index (χ2n) is 4.41. The molecule has 0 saturated heterocycles. The van der Waals surface area contributed by atoms with E-state index in [9.17, 15) is 0 Å². The van der Waals surface area contributed by atoms with Gasteiger partial charge in [-0.2, -0.15) is 0 Å². The first-order chi connectivity index (χ1) is 5.56. The predicted octanol–water partition coefficient (Wildman–Crippen LogP) is 3.50. The quantitative estimate of drug-likeness (QED) is 0.582. The highest BCUT2D eigenvalue weighted by molar-refractivity contribution is 7.09. The van der Waals surface area contributed by atoms with E-state index in [0.29, 0.717) is 5.92 Å². The van der Waals surface area contributed by atoms with Gasteiger partial charge in [0.25, 0.3) is 0 Å². The third kappa shape index (κ3) is 7.06. The lowest BCUT2D eigenvalue weighted by Crippen LogP contribution is -2.09. The van der Waals surface area contributed by atoms with Gasteiger partial charge < -0.3 is 4.52 Å². The average molecular weight is 190 g/mol. The van der Waals surface area contributed by atoms with Gasteiger partial charge in [-0.3, -0.25) is 0 Å². The van der Waals surface area contributed by atoms with Gasteiger partial charge in [0.2, 0.25) is 0 Å². The van der Waals surface area contributed by atoms with Gasteiger partial charge in [0.05, 0.1) is 6.61 Å². The molecule has 0 amide bonds. The third-order valence-corrected chi connectivity index (χ3v) is 2.25. The molecule has 0 saturated carbocycles. The molecule has 0 aliphatic heterocycles. The van der Waals surface area contributed by atoms with Crippen molar-refractivity contribution >= 4 is 9.47 Å². The summed E-state index contributed by atoms with van der Waals surface area (Å²) in [7, 11) is 2.32. The van der Waals surface area contributed by atoms with E-state index < -0.39 is 0 Å². The number of hydrogen-bond donors (Lipinski definition) is 0. The SMILES string of the molecule is CC(C)CC(C)CC(C)COP. The average Bonchev–Trinajstić information content (AvgIpc) is 1.84. The van der Waals surface area contributed by atoms with E-state index in [2.05, 4.69) is 37.2 Å². The van der Waals surface area contributed by atoms with E-state index in [0.717, 1.165) is 18.4 Å². The van der Waals surface area contributed by atoms with Crippen LogP contribution < -0.4 is 0 Å². The van der Waals surface area contributed by atoms with Crippen molar-refractivity contribution in [2.45, 2.75) is 40.5 Å².